The molecule has 0 aliphatic carbocycles. The maximum Gasteiger partial charge on any atom is 0.416 e. The molecule has 148 valence electrons. The number of rotatable bonds is 5. The van der Waals surface area contributed by atoms with Crippen molar-refractivity contribution in [3.05, 3.63) is 71.3 Å². The SMILES string of the molecule is O=C(Cc1cccc(C(F)(F)F)c1)CC1CCN(C(=O)c2ccccc2)CC1. The number of ketones is 1. The molecule has 1 heterocycles. The number of nitrogens with zero attached hydrogens (tertiary/aromatic N) is 1. The minimum Gasteiger partial charge on any atom is -0.339 e. The van der Waals surface area contributed by atoms with Crippen molar-refractivity contribution in [3.63, 3.8) is 0 Å². The summed E-state index contributed by atoms with van der Waals surface area (Å²) in [4.78, 5) is 26.6. The third-order valence-corrected chi connectivity index (χ3v) is 5.09. The van der Waals surface area contributed by atoms with E-state index in [0.29, 0.717) is 30.6 Å². The minimum absolute atomic E-state index is 0.00524. The molecule has 2 aromatic rings. The lowest BCUT2D eigenvalue weighted by atomic mass is 9.89. The third-order valence-electron chi connectivity index (χ3n) is 5.09. The molecule has 0 aromatic heterocycles. The lowest BCUT2D eigenvalue weighted by Crippen LogP contribution is -2.38. The lowest BCUT2D eigenvalue weighted by molar-refractivity contribution is -0.137. The van der Waals surface area contributed by atoms with Gasteiger partial charge in [0.15, 0.2) is 0 Å². The molecule has 0 unspecified atom stereocenters. The number of carbonyl (C=O) groups is 2. The quantitative estimate of drug-likeness (QED) is 0.739. The molecule has 1 aliphatic rings. The van der Waals surface area contributed by atoms with Gasteiger partial charge in [0.25, 0.3) is 5.91 Å². The van der Waals surface area contributed by atoms with Crippen LogP contribution in [-0.2, 0) is 17.4 Å². The van der Waals surface area contributed by atoms with Crippen molar-refractivity contribution in [1.82, 2.24) is 4.90 Å². The second-order valence-electron chi connectivity index (χ2n) is 7.22. The van der Waals surface area contributed by atoms with Gasteiger partial charge >= 0.3 is 6.18 Å². The van der Waals surface area contributed by atoms with E-state index in [1.807, 2.05) is 18.2 Å². The van der Waals surface area contributed by atoms with Crippen molar-refractivity contribution < 1.29 is 22.8 Å². The zero-order valence-electron chi connectivity index (χ0n) is 15.4. The monoisotopic (exact) mass is 389 g/mol. The van der Waals surface area contributed by atoms with Gasteiger partial charge in [0.2, 0.25) is 0 Å². The molecule has 1 fully saturated rings. The molecule has 3 rings (SSSR count). The van der Waals surface area contributed by atoms with Gasteiger partial charge in [0.05, 0.1) is 5.56 Å². The number of amides is 1. The number of Topliss-reactive ketones (excluding diaryl/α,β-unsaturated/α-hetero) is 1. The van der Waals surface area contributed by atoms with E-state index in [2.05, 4.69) is 0 Å². The fourth-order valence-electron chi connectivity index (χ4n) is 3.58. The van der Waals surface area contributed by atoms with E-state index < -0.39 is 11.7 Å². The molecule has 0 saturated carbocycles. The number of likely N-dealkylation sites (tertiary alicyclic amines) is 1. The molecule has 3 nitrogen and oxygen atoms in total. The summed E-state index contributed by atoms with van der Waals surface area (Å²) in [5.74, 6) is 0.0969. The average molecular weight is 389 g/mol. The van der Waals surface area contributed by atoms with E-state index in [0.717, 1.165) is 25.0 Å². The minimum atomic E-state index is -4.41. The predicted octanol–water partition coefficient (Wildman–Crippen LogP) is 4.76. The lowest BCUT2D eigenvalue weighted by Gasteiger charge is -2.31. The van der Waals surface area contributed by atoms with E-state index >= 15 is 0 Å². The summed E-state index contributed by atoms with van der Waals surface area (Å²) in [6.07, 6.45) is -2.60. The summed E-state index contributed by atoms with van der Waals surface area (Å²) in [6, 6.07) is 14.0. The molecular formula is C22H22F3NO2. The van der Waals surface area contributed by atoms with Crippen LogP contribution in [0, 0.1) is 5.92 Å². The Labute approximate surface area is 162 Å². The first kappa shape index (κ1) is 20.1. The van der Waals surface area contributed by atoms with E-state index in [1.54, 1.807) is 23.1 Å². The molecule has 0 N–H and O–H groups in total. The van der Waals surface area contributed by atoms with Crippen LogP contribution < -0.4 is 0 Å². The van der Waals surface area contributed by atoms with E-state index in [1.165, 1.54) is 6.07 Å². The van der Waals surface area contributed by atoms with E-state index in [9.17, 15) is 22.8 Å². The number of halogens is 3. The first-order valence-corrected chi connectivity index (χ1v) is 9.35. The Kier molecular flexibility index (Phi) is 6.17. The third kappa shape index (κ3) is 5.21. The number of hydrogen-bond donors (Lipinski definition) is 0. The molecular weight excluding hydrogens is 367 g/mol. The summed E-state index contributed by atoms with van der Waals surface area (Å²) in [5, 5.41) is 0. The standard InChI is InChI=1S/C22H22F3NO2/c23-22(24,25)19-8-4-5-17(13-19)15-20(27)14-16-9-11-26(12-10-16)21(28)18-6-2-1-3-7-18/h1-8,13,16H,9-12,14-15H2. The van der Waals surface area contributed by atoms with Crippen LogP contribution in [0.3, 0.4) is 0 Å². The van der Waals surface area contributed by atoms with Crippen molar-refractivity contribution in [2.75, 3.05) is 13.1 Å². The highest BCUT2D eigenvalue weighted by molar-refractivity contribution is 5.94. The molecule has 1 aliphatic heterocycles. The Bertz CT molecular complexity index is 825. The zero-order chi connectivity index (χ0) is 20.1. The average Bonchev–Trinajstić information content (AvgIpc) is 2.68. The van der Waals surface area contributed by atoms with E-state index in [4.69, 9.17) is 0 Å². The summed E-state index contributed by atoms with van der Waals surface area (Å²) in [7, 11) is 0. The molecule has 1 amide bonds. The Morgan fingerprint density at radius 2 is 1.64 bits per heavy atom. The Morgan fingerprint density at radius 3 is 2.29 bits per heavy atom. The highest BCUT2D eigenvalue weighted by atomic mass is 19.4. The van der Waals surface area contributed by atoms with Gasteiger partial charge in [-0.05, 0) is 42.5 Å². The van der Waals surface area contributed by atoms with Crippen LogP contribution in [0.2, 0.25) is 0 Å². The Hall–Kier alpha value is -2.63. The van der Waals surface area contributed by atoms with Gasteiger partial charge in [-0.15, -0.1) is 0 Å². The van der Waals surface area contributed by atoms with Crippen LogP contribution in [0.5, 0.6) is 0 Å². The Morgan fingerprint density at radius 1 is 0.964 bits per heavy atom. The summed E-state index contributed by atoms with van der Waals surface area (Å²) in [6.45, 7) is 1.18. The maximum absolute atomic E-state index is 12.8. The van der Waals surface area contributed by atoms with Crippen molar-refractivity contribution in [3.8, 4) is 0 Å². The number of hydrogen-bond acceptors (Lipinski definition) is 2. The van der Waals surface area contributed by atoms with Gasteiger partial charge in [-0.1, -0.05) is 36.4 Å². The molecule has 0 atom stereocenters. The van der Waals surface area contributed by atoms with Crippen molar-refractivity contribution in [1.29, 1.82) is 0 Å². The summed E-state index contributed by atoms with van der Waals surface area (Å²) in [5.41, 5.74) is 0.309. The highest BCUT2D eigenvalue weighted by Crippen LogP contribution is 2.30. The first-order chi connectivity index (χ1) is 13.3. The van der Waals surface area contributed by atoms with Gasteiger partial charge in [0, 0.05) is 31.5 Å². The molecule has 0 bridgehead atoms. The summed E-state index contributed by atoms with van der Waals surface area (Å²) >= 11 is 0. The number of carbonyl (C=O) groups excluding carboxylic acids is 2. The zero-order valence-corrected chi connectivity index (χ0v) is 15.4. The number of benzene rings is 2. The van der Waals surface area contributed by atoms with Gasteiger partial charge in [-0.25, -0.2) is 0 Å². The molecule has 2 aromatic carbocycles. The smallest absolute Gasteiger partial charge is 0.339 e. The fourth-order valence-corrected chi connectivity index (χ4v) is 3.58. The largest absolute Gasteiger partial charge is 0.416 e. The molecule has 0 spiro atoms. The normalized spacial score (nSPS) is 15.5. The number of piperidine rings is 1. The second-order valence-corrected chi connectivity index (χ2v) is 7.22. The van der Waals surface area contributed by atoms with Crippen LogP contribution in [0.15, 0.2) is 54.6 Å². The Balaban J connectivity index is 1.50. The predicted molar refractivity (Wildman–Crippen MR) is 99.8 cm³/mol. The highest BCUT2D eigenvalue weighted by Gasteiger charge is 2.30. The maximum atomic E-state index is 12.8. The molecule has 6 heteroatoms. The van der Waals surface area contributed by atoms with Crippen LogP contribution in [0.4, 0.5) is 13.2 Å². The van der Waals surface area contributed by atoms with Gasteiger partial charge in [-0.2, -0.15) is 13.2 Å². The van der Waals surface area contributed by atoms with Gasteiger partial charge in [-0.3, -0.25) is 9.59 Å². The molecule has 0 radical (unpaired) electrons. The topological polar surface area (TPSA) is 37.4 Å². The van der Waals surface area contributed by atoms with Crippen molar-refractivity contribution in [2.45, 2.75) is 31.9 Å². The van der Waals surface area contributed by atoms with Crippen LogP contribution in [0.1, 0.15) is 40.7 Å². The number of alkyl halides is 3. The summed E-state index contributed by atoms with van der Waals surface area (Å²) < 4.78 is 38.4. The first-order valence-electron chi connectivity index (χ1n) is 9.35. The van der Waals surface area contributed by atoms with Gasteiger partial charge in [0.1, 0.15) is 5.78 Å². The van der Waals surface area contributed by atoms with Crippen LogP contribution >= 0.6 is 0 Å². The van der Waals surface area contributed by atoms with E-state index in [-0.39, 0.29) is 24.0 Å². The second kappa shape index (κ2) is 8.59. The molecule has 28 heavy (non-hydrogen) atoms. The van der Waals surface area contributed by atoms with Crippen LogP contribution in [-0.4, -0.2) is 29.7 Å². The van der Waals surface area contributed by atoms with Crippen LogP contribution in [0.25, 0.3) is 0 Å². The molecule has 1 saturated heterocycles. The van der Waals surface area contributed by atoms with Gasteiger partial charge < -0.3 is 4.90 Å². The van der Waals surface area contributed by atoms with Crippen molar-refractivity contribution in [2.24, 2.45) is 5.92 Å². The van der Waals surface area contributed by atoms with Crippen molar-refractivity contribution >= 4 is 11.7 Å². The fraction of sp³-hybridized carbons (Fsp3) is 0.364.